The summed E-state index contributed by atoms with van der Waals surface area (Å²) in [4.78, 5) is 16.4. The van der Waals surface area contributed by atoms with Crippen LogP contribution in [0.1, 0.15) is 20.3 Å². The first kappa shape index (κ1) is 13.9. The Balaban J connectivity index is 2.12. The van der Waals surface area contributed by atoms with Gasteiger partial charge in [-0.15, -0.1) is 0 Å². The molecule has 0 fully saturated rings. The minimum Gasteiger partial charge on any atom is -0.355 e. The highest BCUT2D eigenvalue weighted by molar-refractivity contribution is 8.00. The van der Waals surface area contributed by atoms with Gasteiger partial charge in [0.05, 0.1) is 16.3 Å². The van der Waals surface area contributed by atoms with E-state index in [1.165, 1.54) is 11.8 Å². The Morgan fingerprint density at radius 1 is 1.47 bits per heavy atom. The summed E-state index contributed by atoms with van der Waals surface area (Å²) in [5, 5.41) is 3.65. The number of aromatic nitrogens is 2. The molecule has 0 aliphatic rings. The summed E-state index contributed by atoms with van der Waals surface area (Å²) in [5.74, 6) is 0.0684. The molecule has 102 valence electrons. The summed E-state index contributed by atoms with van der Waals surface area (Å²) in [6, 6.07) is 7.99. The third-order valence-electron chi connectivity index (χ3n) is 2.95. The van der Waals surface area contributed by atoms with Crippen molar-refractivity contribution in [2.75, 3.05) is 6.54 Å². The van der Waals surface area contributed by atoms with Crippen LogP contribution >= 0.6 is 11.8 Å². The molecule has 1 aromatic heterocycles. The molecule has 2 aromatic rings. The molecule has 0 saturated carbocycles. The number of hydrogen-bond donors (Lipinski definition) is 1. The number of imidazole rings is 1. The van der Waals surface area contributed by atoms with Crippen molar-refractivity contribution in [1.82, 2.24) is 14.9 Å². The zero-order valence-electron chi connectivity index (χ0n) is 11.5. The normalized spacial score (nSPS) is 12.6. The highest BCUT2D eigenvalue weighted by atomic mass is 32.2. The number of aryl methyl sites for hydroxylation is 1. The second-order valence-electron chi connectivity index (χ2n) is 4.49. The van der Waals surface area contributed by atoms with Gasteiger partial charge in [0.25, 0.3) is 0 Å². The molecule has 1 heterocycles. The molecule has 1 aromatic carbocycles. The van der Waals surface area contributed by atoms with E-state index in [9.17, 15) is 4.79 Å². The van der Waals surface area contributed by atoms with Crippen molar-refractivity contribution in [3.8, 4) is 0 Å². The van der Waals surface area contributed by atoms with Crippen molar-refractivity contribution >= 4 is 28.7 Å². The number of para-hydroxylation sites is 2. The number of benzene rings is 1. The van der Waals surface area contributed by atoms with E-state index in [-0.39, 0.29) is 11.2 Å². The van der Waals surface area contributed by atoms with Crippen LogP contribution in [0, 0.1) is 0 Å². The summed E-state index contributed by atoms with van der Waals surface area (Å²) in [6.07, 6.45) is 0.954. The maximum atomic E-state index is 11.9. The molecule has 4 nitrogen and oxygen atoms in total. The number of nitrogens with one attached hydrogen (secondary N) is 1. The molecule has 0 spiro atoms. The Morgan fingerprint density at radius 3 is 2.89 bits per heavy atom. The standard InChI is InChI=1S/C14H19N3OS/c1-4-9-15-13(18)10(2)19-14-16-11-7-5-6-8-12(11)17(14)3/h5-8,10H,4,9H2,1-3H3,(H,15,18). The van der Waals surface area contributed by atoms with Gasteiger partial charge in [-0.05, 0) is 25.5 Å². The number of fused-ring (bicyclic) bond motifs is 1. The van der Waals surface area contributed by atoms with E-state index in [1.54, 1.807) is 0 Å². The molecule has 0 radical (unpaired) electrons. The maximum absolute atomic E-state index is 11.9. The summed E-state index contributed by atoms with van der Waals surface area (Å²) < 4.78 is 2.03. The fourth-order valence-corrected chi connectivity index (χ4v) is 2.75. The van der Waals surface area contributed by atoms with Crippen LogP contribution < -0.4 is 5.32 Å². The van der Waals surface area contributed by atoms with Gasteiger partial charge in [0.15, 0.2) is 5.16 Å². The number of nitrogens with zero attached hydrogens (tertiary/aromatic N) is 2. The predicted molar refractivity (Wildman–Crippen MR) is 79.3 cm³/mol. The van der Waals surface area contributed by atoms with Crippen LogP contribution in [-0.4, -0.2) is 27.3 Å². The van der Waals surface area contributed by atoms with Gasteiger partial charge in [0.2, 0.25) is 5.91 Å². The third-order valence-corrected chi connectivity index (χ3v) is 4.09. The number of thioether (sulfide) groups is 1. The summed E-state index contributed by atoms with van der Waals surface area (Å²) in [7, 11) is 1.98. The van der Waals surface area contributed by atoms with Crippen molar-refractivity contribution < 1.29 is 4.79 Å². The average Bonchev–Trinajstić information content (AvgIpc) is 2.73. The van der Waals surface area contributed by atoms with Gasteiger partial charge in [-0.2, -0.15) is 0 Å². The zero-order chi connectivity index (χ0) is 13.8. The zero-order valence-corrected chi connectivity index (χ0v) is 12.3. The number of hydrogen-bond acceptors (Lipinski definition) is 3. The van der Waals surface area contributed by atoms with E-state index < -0.39 is 0 Å². The highest BCUT2D eigenvalue weighted by Gasteiger charge is 2.17. The summed E-state index contributed by atoms with van der Waals surface area (Å²) in [5.41, 5.74) is 2.06. The minimum absolute atomic E-state index is 0.0684. The van der Waals surface area contributed by atoms with E-state index in [2.05, 4.69) is 10.3 Å². The Kier molecular flexibility index (Phi) is 4.47. The van der Waals surface area contributed by atoms with Crippen LogP contribution in [0.25, 0.3) is 11.0 Å². The molecule has 1 amide bonds. The topological polar surface area (TPSA) is 46.9 Å². The molecule has 1 atom stereocenters. The molecule has 0 aliphatic heterocycles. The van der Waals surface area contributed by atoms with E-state index in [0.29, 0.717) is 0 Å². The van der Waals surface area contributed by atoms with Crippen LogP contribution in [0.3, 0.4) is 0 Å². The Hall–Kier alpha value is -1.49. The molecular weight excluding hydrogens is 258 g/mol. The van der Waals surface area contributed by atoms with Crippen molar-refractivity contribution in [3.63, 3.8) is 0 Å². The lowest BCUT2D eigenvalue weighted by atomic mass is 10.3. The Labute approximate surface area is 117 Å². The van der Waals surface area contributed by atoms with Crippen molar-refractivity contribution in [2.24, 2.45) is 7.05 Å². The van der Waals surface area contributed by atoms with E-state index in [4.69, 9.17) is 0 Å². The van der Waals surface area contributed by atoms with E-state index in [1.807, 2.05) is 49.7 Å². The largest absolute Gasteiger partial charge is 0.355 e. The van der Waals surface area contributed by atoms with Gasteiger partial charge < -0.3 is 9.88 Å². The third kappa shape index (κ3) is 3.10. The molecule has 0 saturated heterocycles. The number of carbonyl (C=O) groups excluding carboxylic acids is 1. The summed E-state index contributed by atoms with van der Waals surface area (Å²) in [6.45, 7) is 4.69. The van der Waals surface area contributed by atoms with Crippen LogP contribution in [0.15, 0.2) is 29.4 Å². The van der Waals surface area contributed by atoms with Crippen LogP contribution in [0.4, 0.5) is 0 Å². The minimum atomic E-state index is -0.137. The first-order valence-electron chi connectivity index (χ1n) is 6.49. The molecule has 1 N–H and O–H groups in total. The average molecular weight is 277 g/mol. The van der Waals surface area contributed by atoms with Crippen LogP contribution in [0.5, 0.6) is 0 Å². The Morgan fingerprint density at radius 2 is 2.21 bits per heavy atom. The second-order valence-corrected chi connectivity index (χ2v) is 5.80. The first-order chi connectivity index (χ1) is 9.13. The van der Waals surface area contributed by atoms with Crippen LogP contribution in [0.2, 0.25) is 0 Å². The van der Waals surface area contributed by atoms with Crippen molar-refractivity contribution in [3.05, 3.63) is 24.3 Å². The second kappa shape index (κ2) is 6.10. The monoisotopic (exact) mass is 277 g/mol. The van der Waals surface area contributed by atoms with Crippen LogP contribution in [-0.2, 0) is 11.8 Å². The van der Waals surface area contributed by atoms with Gasteiger partial charge in [0, 0.05) is 13.6 Å². The van der Waals surface area contributed by atoms with Crippen molar-refractivity contribution in [1.29, 1.82) is 0 Å². The number of carbonyl (C=O) groups is 1. The SMILES string of the molecule is CCCNC(=O)C(C)Sc1nc2ccccc2n1C. The van der Waals surface area contributed by atoms with Crippen molar-refractivity contribution in [2.45, 2.75) is 30.7 Å². The first-order valence-corrected chi connectivity index (χ1v) is 7.37. The molecule has 19 heavy (non-hydrogen) atoms. The fourth-order valence-electron chi connectivity index (χ4n) is 1.83. The molecular formula is C14H19N3OS. The van der Waals surface area contributed by atoms with E-state index in [0.717, 1.165) is 29.2 Å². The fraction of sp³-hybridized carbons (Fsp3) is 0.429. The smallest absolute Gasteiger partial charge is 0.233 e. The predicted octanol–water partition coefficient (Wildman–Crippen LogP) is 2.58. The lowest BCUT2D eigenvalue weighted by Gasteiger charge is -2.10. The molecule has 1 unspecified atom stereocenters. The van der Waals surface area contributed by atoms with Gasteiger partial charge in [-0.1, -0.05) is 30.8 Å². The molecule has 5 heteroatoms. The van der Waals surface area contributed by atoms with Gasteiger partial charge >= 0.3 is 0 Å². The number of rotatable bonds is 5. The number of amides is 1. The quantitative estimate of drug-likeness (QED) is 0.855. The highest BCUT2D eigenvalue weighted by Crippen LogP contribution is 2.26. The molecule has 0 aliphatic carbocycles. The van der Waals surface area contributed by atoms with Gasteiger partial charge in [-0.3, -0.25) is 4.79 Å². The molecule has 0 bridgehead atoms. The lowest BCUT2D eigenvalue weighted by Crippen LogP contribution is -2.31. The Bertz CT molecular complexity index is 579. The molecule has 2 rings (SSSR count). The van der Waals surface area contributed by atoms with Gasteiger partial charge in [-0.25, -0.2) is 4.98 Å². The lowest BCUT2D eigenvalue weighted by molar-refractivity contribution is -0.120. The van der Waals surface area contributed by atoms with Gasteiger partial charge in [0.1, 0.15) is 0 Å². The summed E-state index contributed by atoms with van der Waals surface area (Å²) >= 11 is 1.49. The maximum Gasteiger partial charge on any atom is 0.233 e. The van der Waals surface area contributed by atoms with E-state index >= 15 is 0 Å².